The Balaban J connectivity index is 0.00000161. The zero-order chi connectivity index (χ0) is 14.3. The second-order valence-electron chi connectivity index (χ2n) is 4.44. The van der Waals surface area contributed by atoms with E-state index in [1.54, 1.807) is 4.57 Å². The van der Waals surface area contributed by atoms with Crippen LogP contribution in [0.3, 0.4) is 0 Å². The maximum absolute atomic E-state index is 10.0. The first-order valence-corrected chi connectivity index (χ1v) is 7.23. The summed E-state index contributed by atoms with van der Waals surface area (Å²) >= 11 is 1.44. The van der Waals surface area contributed by atoms with Gasteiger partial charge in [0.1, 0.15) is 35.2 Å². The van der Waals surface area contributed by atoms with E-state index in [4.69, 9.17) is 9.84 Å². The van der Waals surface area contributed by atoms with Gasteiger partial charge in [0.05, 0.1) is 12.9 Å². The Hall–Kier alpha value is -1.30. The Kier molecular flexibility index (Phi) is 4.76. The molecule has 2 aromatic rings. The first kappa shape index (κ1) is 16.1. The summed E-state index contributed by atoms with van der Waals surface area (Å²) < 4.78 is 7.01. The van der Waals surface area contributed by atoms with Gasteiger partial charge in [0, 0.05) is 0 Å². The fraction of sp³-hybridized carbons (Fsp3) is 0.545. The van der Waals surface area contributed by atoms with Crippen LogP contribution in [0.1, 0.15) is 6.23 Å². The fourth-order valence-electron chi connectivity index (χ4n) is 2.28. The molecule has 0 radical (unpaired) electrons. The SMILES string of the molecule is CSc1ncnc2c1ncn2[C@@H]1O[C@H](CO)C(O)C1O.O. The van der Waals surface area contributed by atoms with Crippen LogP contribution in [-0.2, 0) is 4.74 Å². The summed E-state index contributed by atoms with van der Waals surface area (Å²) in [5.41, 5.74) is 1.12. The van der Waals surface area contributed by atoms with Crippen molar-refractivity contribution in [3.63, 3.8) is 0 Å². The van der Waals surface area contributed by atoms with E-state index in [0.717, 1.165) is 5.03 Å². The molecule has 0 aliphatic carbocycles. The Labute approximate surface area is 123 Å². The van der Waals surface area contributed by atoms with Crippen molar-refractivity contribution in [1.82, 2.24) is 19.5 Å². The maximum Gasteiger partial charge on any atom is 0.166 e. The van der Waals surface area contributed by atoms with Gasteiger partial charge in [-0.2, -0.15) is 0 Å². The average Bonchev–Trinajstić information content (AvgIpc) is 3.01. The Bertz CT molecular complexity index is 624. The lowest BCUT2D eigenvalue weighted by molar-refractivity contribution is -0.0511. The first-order valence-electron chi connectivity index (χ1n) is 6.01. The molecular formula is C11H16N4O5S. The number of ether oxygens (including phenoxy) is 1. The van der Waals surface area contributed by atoms with Gasteiger partial charge in [-0.3, -0.25) is 4.57 Å². The molecule has 3 heterocycles. The number of rotatable bonds is 3. The van der Waals surface area contributed by atoms with Crippen LogP contribution in [0, 0.1) is 0 Å². The maximum atomic E-state index is 10.0. The lowest BCUT2D eigenvalue weighted by atomic mass is 10.1. The average molecular weight is 316 g/mol. The molecule has 116 valence electrons. The summed E-state index contributed by atoms with van der Waals surface area (Å²) in [5.74, 6) is 0. The minimum absolute atomic E-state index is 0. The lowest BCUT2D eigenvalue weighted by Crippen LogP contribution is -2.33. The Morgan fingerprint density at radius 3 is 2.67 bits per heavy atom. The quantitative estimate of drug-likeness (QED) is 0.450. The van der Waals surface area contributed by atoms with E-state index < -0.39 is 24.5 Å². The highest BCUT2D eigenvalue weighted by molar-refractivity contribution is 7.98. The van der Waals surface area contributed by atoms with Crippen molar-refractivity contribution in [2.45, 2.75) is 29.6 Å². The van der Waals surface area contributed by atoms with Crippen molar-refractivity contribution >= 4 is 22.9 Å². The van der Waals surface area contributed by atoms with Crippen LogP contribution in [-0.4, -0.2) is 71.5 Å². The second kappa shape index (κ2) is 6.22. The predicted octanol–water partition coefficient (Wildman–Crippen LogP) is -1.67. The monoisotopic (exact) mass is 316 g/mol. The summed E-state index contributed by atoms with van der Waals surface area (Å²) in [5, 5.41) is 29.7. The molecule has 4 atom stereocenters. The number of imidazole rings is 1. The number of hydrogen-bond donors (Lipinski definition) is 3. The van der Waals surface area contributed by atoms with Gasteiger partial charge in [0.15, 0.2) is 11.9 Å². The minimum atomic E-state index is -1.16. The normalized spacial score (nSPS) is 28.8. The summed E-state index contributed by atoms with van der Waals surface area (Å²) in [6.45, 7) is -0.369. The molecule has 2 aromatic heterocycles. The van der Waals surface area contributed by atoms with Crippen LogP contribution in [0.15, 0.2) is 17.7 Å². The molecule has 5 N–H and O–H groups in total. The molecule has 2 unspecified atom stereocenters. The fourth-order valence-corrected chi connectivity index (χ4v) is 2.77. The van der Waals surface area contributed by atoms with Gasteiger partial charge < -0.3 is 25.5 Å². The summed E-state index contributed by atoms with van der Waals surface area (Å²) in [7, 11) is 0. The zero-order valence-electron chi connectivity index (χ0n) is 11.1. The molecule has 0 aromatic carbocycles. The lowest BCUT2D eigenvalue weighted by Gasteiger charge is -2.16. The zero-order valence-corrected chi connectivity index (χ0v) is 11.9. The first-order chi connectivity index (χ1) is 9.67. The number of fused-ring (bicyclic) bond motifs is 1. The summed E-state index contributed by atoms with van der Waals surface area (Å²) in [6.07, 6.45) is 0.813. The molecule has 0 bridgehead atoms. The van der Waals surface area contributed by atoms with E-state index in [2.05, 4.69) is 15.0 Å². The van der Waals surface area contributed by atoms with Crippen LogP contribution >= 0.6 is 11.8 Å². The predicted molar refractivity (Wildman–Crippen MR) is 73.7 cm³/mol. The van der Waals surface area contributed by atoms with Crippen LogP contribution in [0.2, 0.25) is 0 Å². The van der Waals surface area contributed by atoms with Gasteiger partial charge in [0.25, 0.3) is 0 Å². The van der Waals surface area contributed by atoms with E-state index >= 15 is 0 Å². The van der Waals surface area contributed by atoms with Crippen molar-refractivity contribution < 1.29 is 25.5 Å². The molecule has 0 amide bonds. The van der Waals surface area contributed by atoms with Crippen molar-refractivity contribution in [3.8, 4) is 0 Å². The molecule has 1 fully saturated rings. The van der Waals surface area contributed by atoms with E-state index in [-0.39, 0.29) is 12.1 Å². The highest BCUT2D eigenvalue weighted by atomic mass is 32.2. The van der Waals surface area contributed by atoms with Crippen LogP contribution in [0.4, 0.5) is 0 Å². The van der Waals surface area contributed by atoms with Gasteiger partial charge in [-0.25, -0.2) is 15.0 Å². The van der Waals surface area contributed by atoms with Gasteiger partial charge in [-0.15, -0.1) is 11.8 Å². The number of aliphatic hydroxyl groups is 3. The van der Waals surface area contributed by atoms with Crippen molar-refractivity contribution in [2.75, 3.05) is 12.9 Å². The van der Waals surface area contributed by atoms with Gasteiger partial charge >= 0.3 is 0 Å². The third kappa shape index (κ3) is 2.50. The third-order valence-corrected chi connectivity index (χ3v) is 4.00. The van der Waals surface area contributed by atoms with E-state index in [9.17, 15) is 10.2 Å². The van der Waals surface area contributed by atoms with E-state index in [1.807, 2.05) is 6.26 Å². The smallest absolute Gasteiger partial charge is 0.166 e. The van der Waals surface area contributed by atoms with Crippen molar-refractivity contribution in [2.24, 2.45) is 0 Å². The summed E-state index contributed by atoms with van der Waals surface area (Å²) in [4.78, 5) is 12.5. The second-order valence-corrected chi connectivity index (χ2v) is 5.23. The minimum Gasteiger partial charge on any atom is -0.412 e. The largest absolute Gasteiger partial charge is 0.412 e. The highest BCUT2D eigenvalue weighted by Crippen LogP contribution is 2.32. The molecule has 9 nitrogen and oxygen atoms in total. The Morgan fingerprint density at radius 1 is 1.29 bits per heavy atom. The van der Waals surface area contributed by atoms with E-state index in [1.165, 1.54) is 24.4 Å². The topological polar surface area (TPSA) is 145 Å². The molecule has 21 heavy (non-hydrogen) atoms. The molecule has 1 aliphatic heterocycles. The molecule has 0 spiro atoms. The summed E-state index contributed by atoms with van der Waals surface area (Å²) in [6, 6.07) is 0. The number of nitrogens with zero attached hydrogens (tertiary/aromatic N) is 4. The van der Waals surface area contributed by atoms with Gasteiger partial charge in [-0.05, 0) is 6.26 Å². The molecule has 1 aliphatic rings. The number of thioether (sulfide) groups is 1. The van der Waals surface area contributed by atoms with Gasteiger partial charge in [0.2, 0.25) is 0 Å². The van der Waals surface area contributed by atoms with Crippen molar-refractivity contribution in [3.05, 3.63) is 12.7 Å². The standard InChI is InChI=1S/C11H14N4O4S.H2O/c1-20-10-6-9(12-3-13-10)15(4-14-6)11-8(18)7(17)5(2-16)19-11;/h3-5,7-8,11,16-18H,2H2,1H3;1H2/t5-,7?,8?,11-;/m1./s1. The Morgan fingerprint density at radius 2 is 2.05 bits per heavy atom. The molecule has 0 saturated carbocycles. The molecule has 10 heteroatoms. The molecule has 3 rings (SSSR count). The molecule has 1 saturated heterocycles. The van der Waals surface area contributed by atoms with Crippen LogP contribution in [0.5, 0.6) is 0 Å². The van der Waals surface area contributed by atoms with Gasteiger partial charge in [-0.1, -0.05) is 0 Å². The number of hydrogen-bond acceptors (Lipinski definition) is 8. The highest BCUT2D eigenvalue weighted by Gasteiger charge is 2.43. The number of aromatic nitrogens is 4. The molecular weight excluding hydrogens is 300 g/mol. The van der Waals surface area contributed by atoms with Crippen LogP contribution < -0.4 is 0 Å². The number of aliphatic hydroxyl groups excluding tert-OH is 3. The third-order valence-electron chi connectivity index (χ3n) is 3.31. The van der Waals surface area contributed by atoms with E-state index in [0.29, 0.717) is 11.2 Å². The van der Waals surface area contributed by atoms with Crippen LogP contribution in [0.25, 0.3) is 11.2 Å². The van der Waals surface area contributed by atoms with Crippen molar-refractivity contribution in [1.29, 1.82) is 0 Å².